The quantitative estimate of drug-likeness (QED) is 0.696. The molecule has 3 heteroatoms. The van der Waals surface area contributed by atoms with Crippen molar-refractivity contribution in [3.05, 3.63) is 24.5 Å². The number of nitrogens with zero attached hydrogens (tertiary/aromatic N) is 1. The molecule has 3 nitrogen and oxygen atoms in total. The topological polar surface area (TPSA) is 42.0 Å². The van der Waals surface area contributed by atoms with E-state index in [4.69, 9.17) is 0 Å². The van der Waals surface area contributed by atoms with E-state index in [2.05, 4.69) is 10.3 Å². The van der Waals surface area contributed by atoms with Crippen molar-refractivity contribution in [2.75, 3.05) is 5.32 Å². The first-order chi connectivity index (χ1) is 5.33. The Morgan fingerprint density at radius 1 is 1.55 bits per heavy atom. The van der Waals surface area contributed by atoms with Crippen LogP contribution in [0, 0.1) is 0 Å². The van der Waals surface area contributed by atoms with Gasteiger partial charge in [0.05, 0.1) is 6.04 Å². The predicted octanol–water partition coefficient (Wildman–Crippen LogP) is 0.992. The number of rotatable bonds is 3. The highest BCUT2D eigenvalue weighted by Gasteiger charge is 1.97. The molecule has 1 atom stereocenters. The first-order valence-corrected chi connectivity index (χ1v) is 3.37. The first-order valence-electron chi connectivity index (χ1n) is 3.37. The highest BCUT2D eigenvalue weighted by atomic mass is 16.1. The number of aromatic nitrogens is 1. The summed E-state index contributed by atoms with van der Waals surface area (Å²) in [5.41, 5.74) is 0.885. The van der Waals surface area contributed by atoms with Crippen LogP contribution in [0.2, 0.25) is 0 Å². The van der Waals surface area contributed by atoms with E-state index < -0.39 is 0 Å². The summed E-state index contributed by atoms with van der Waals surface area (Å²) in [6.07, 6.45) is 5.16. The normalized spacial score (nSPS) is 12.1. The number of hydrogen-bond donors (Lipinski definition) is 1. The van der Waals surface area contributed by atoms with Crippen LogP contribution >= 0.6 is 0 Å². The van der Waals surface area contributed by atoms with E-state index >= 15 is 0 Å². The predicted molar refractivity (Wildman–Crippen MR) is 43.0 cm³/mol. The Kier molecular flexibility index (Phi) is 2.60. The summed E-state index contributed by atoms with van der Waals surface area (Å²) in [6.45, 7) is 1.74. The van der Waals surface area contributed by atoms with E-state index in [0.29, 0.717) is 0 Å². The van der Waals surface area contributed by atoms with Gasteiger partial charge in [0, 0.05) is 18.1 Å². The Hall–Kier alpha value is -1.38. The molecule has 1 rings (SSSR count). The van der Waals surface area contributed by atoms with E-state index in [0.717, 1.165) is 5.69 Å². The smallest absolute Gasteiger partial charge is 0.222 e. The maximum atomic E-state index is 10.1. The monoisotopic (exact) mass is 149 g/mol. The fraction of sp³-hybridized carbons (Fsp3) is 0.250. The molecular weight excluding hydrogens is 140 g/mol. The van der Waals surface area contributed by atoms with Crippen molar-refractivity contribution < 1.29 is 4.79 Å². The summed E-state index contributed by atoms with van der Waals surface area (Å²) in [5, 5.41) is 2.93. The number of carbonyl (C=O) groups excluding carboxylic acids is 1. The van der Waals surface area contributed by atoms with Gasteiger partial charge in [-0.2, -0.15) is 0 Å². The molecular formula is C8H9N2O. The Morgan fingerprint density at radius 2 is 2.18 bits per heavy atom. The lowest BCUT2D eigenvalue weighted by Crippen LogP contribution is -2.15. The summed E-state index contributed by atoms with van der Waals surface area (Å²) in [6, 6.07) is 3.33. The van der Waals surface area contributed by atoms with Gasteiger partial charge in [-0.1, -0.05) is 0 Å². The Labute approximate surface area is 65.5 Å². The molecule has 1 N–H and O–H groups in total. The summed E-state index contributed by atoms with van der Waals surface area (Å²) in [4.78, 5) is 13.9. The molecule has 0 aromatic carbocycles. The molecule has 0 bridgehead atoms. The molecule has 0 saturated carbocycles. The molecule has 0 aliphatic rings. The summed E-state index contributed by atoms with van der Waals surface area (Å²) in [5.74, 6) is 0. The van der Waals surface area contributed by atoms with Crippen molar-refractivity contribution in [3.63, 3.8) is 0 Å². The Balaban J connectivity index is 2.57. The van der Waals surface area contributed by atoms with Crippen molar-refractivity contribution in [2.24, 2.45) is 0 Å². The van der Waals surface area contributed by atoms with Crippen molar-refractivity contribution in [1.29, 1.82) is 0 Å². The van der Waals surface area contributed by atoms with Gasteiger partial charge >= 0.3 is 0 Å². The lowest BCUT2D eigenvalue weighted by molar-refractivity contribution is 0.549. The molecule has 0 fully saturated rings. The van der Waals surface area contributed by atoms with Gasteiger partial charge in [-0.3, -0.25) is 9.78 Å². The van der Waals surface area contributed by atoms with E-state index in [1.165, 1.54) is 0 Å². The molecule has 0 aliphatic heterocycles. The SMILES string of the molecule is C[C@@H]([C]=O)Nc1ccncc1. The molecule has 1 aromatic rings. The number of nitrogens with one attached hydrogen (secondary N) is 1. The third-order valence-corrected chi connectivity index (χ3v) is 1.24. The maximum Gasteiger partial charge on any atom is 0.222 e. The second kappa shape index (κ2) is 3.71. The largest absolute Gasteiger partial charge is 0.375 e. The fourth-order valence-electron chi connectivity index (χ4n) is 0.728. The lowest BCUT2D eigenvalue weighted by atomic mass is 10.3. The van der Waals surface area contributed by atoms with Crippen LogP contribution in [0.3, 0.4) is 0 Å². The molecule has 57 valence electrons. The number of hydrogen-bond acceptors (Lipinski definition) is 3. The molecule has 1 aromatic heterocycles. The second-order valence-electron chi connectivity index (χ2n) is 2.22. The van der Waals surface area contributed by atoms with E-state index in [1.807, 2.05) is 6.29 Å². The van der Waals surface area contributed by atoms with Gasteiger partial charge in [-0.15, -0.1) is 0 Å². The minimum Gasteiger partial charge on any atom is -0.375 e. The van der Waals surface area contributed by atoms with Crippen molar-refractivity contribution in [3.8, 4) is 0 Å². The van der Waals surface area contributed by atoms with Gasteiger partial charge in [-0.05, 0) is 19.1 Å². The third-order valence-electron chi connectivity index (χ3n) is 1.24. The second-order valence-corrected chi connectivity index (χ2v) is 2.22. The van der Waals surface area contributed by atoms with Crippen molar-refractivity contribution >= 4 is 12.0 Å². The highest BCUT2D eigenvalue weighted by molar-refractivity contribution is 5.64. The summed E-state index contributed by atoms with van der Waals surface area (Å²) in [7, 11) is 0. The number of pyridine rings is 1. The minimum absolute atomic E-state index is 0.266. The average Bonchev–Trinajstić information content (AvgIpc) is 2.06. The van der Waals surface area contributed by atoms with Gasteiger partial charge < -0.3 is 5.32 Å². The van der Waals surface area contributed by atoms with E-state index in [9.17, 15) is 4.79 Å². The zero-order chi connectivity index (χ0) is 8.10. The van der Waals surface area contributed by atoms with Gasteiger partial charge in [0.1, 0.15) is 0 Å². The van der Waals surface area contributed by atoms with Crippen LogP contribution in [0.15, 0.2) is 24.5 Å². The Bertz CT molecular complexity index is 223. The standard InChI is InChI=1S/C8H9N2O/c1-7(6-11)10-8-2-4-9-5-3-8/h2-5,7H,1H3,(H,9,10)/t7-/m0/s1. The number of anilines is 1. The maximum absolute atomic E-state index is 10.1. The summed E-state index contributed by atoms with van der Waals surface area (Å²) < 4.78 is 0. The van der Waals surface area contributed by atoms with Gasteiger partial charge in [0.2, 0.25) is 6.29 Å². The fourth-order valence-corrected chi connectivity index (χ4v) is 0.728. The van der Waals surface area contributed by atoms with Crippen molar-refractivity contribution in [1.82, 2.24) is 4.98 Å². The zero-order valence-corrected chi connectivity index (χ0v) is 6.24. The molecule has 0 saturated heterocycles. The van der Waals surface area contributed by atoms with Crippen LogP contribution < -0.4 is 5.32 Å². The van der Waals surface area contributed by atoms with Crippen LogP contribution in [-0.2, 0) is 4.79 Å². The highest BCUT2D eigenvalue weighted by Crippen LogP contribution is 2.03. The van der Waals surface area contributed by atoms with Crippen molar-refractivity contribution in [2.45, 2.75) is 13.0 Å². The third kappa shape index (κ3) is 2.37. The van der Waals surface area contributed by atoms with Crippen LogP contribution in [0.25, 0.3) is 0 Å². The molecule has 1 heterocycles. The minimum atomic E-state index is -0.266. The van der Waals surface area contributed by atoms with E-state index in [1.54, 1.807) is 31.5 Å². The molecule has 0 unspecified atom stereocenters. The van der Waals surface area contributed by atoms with Crippen LogP contribution in [0.5, 0.6) is 0 Å². The van der Waals surface area contributed by atoms with Crippen LogP contribution in [0.1, 0.15) is 6.92 Å². The van der Waals surface area contributed by atoms with Gasteiger partial charge in [-0.25, -0.2) is 0 Å². The molecule has 0 aliphatic carbocycles. The van der Waals surface area contributed by atoms with E-state index in [-0.39, 0.29) is 6.04 Å². The van der Waals surface area contributed by atoms with Gasteiger partial charge in [0.25, 0.3) is 0 Å². The van der Waals surface area contributed by atoms with Crippen LogP contribution in [0.4, 0.5) is 5.69 Å². The lowest BCUT2D eigenvalue weighted by Gasteiger charge is -2.06. The van der Waals surface area contributed by atoms with Crippen LogP contribution in [-0.4, -0.2) is 17.3 Å². The average molecular weight is 149 g/mol. The molecule has 11 heavy (non-hydrogen) atoms. The van der Waals surface area contributed by atoms with Gasteiger partial charge in [0.15, 0.2) is 0 Å². The molecule has 0 spiro atoms. The summed E-state index contributed by atoms with van der Waals surface area (Å²) >= 11 is 0. The zero-order valence-electron chi connectivity index (χ0n) is 6.24. The first kappa shape index (κ1) is 7.72. The molecule has 1 radical (unpaired) electrons. The molecule has 0 amide bonds. The Morgan fingerprint density at radius 3 is 2.73 bits per heavy atom.